The number of carbonyl (C=O) groups is 3. The number of carboxylic acid groups (broad SMARTS) is 1. The van der Waals surface area contributed by atoms with Crippen molar-refractivity contribution in [2.75, 3.05) is 6.54 Å². The molecule has 3 heterocycles. The first-order chi connectivity index (χ1) is 13.3. The van der Waals surface area contributed by atoms with Crippen molar-refractivity contribution in [2.24, 2.45) is 5.92 Å². The summed E-state index contributed by atoms with van der Waals surface area (Å²) in [5.74, 6) is -1.44. The molecule has 2 aliphatic rings. The van der Waals surface area contributed by atoms with E-state index in [1.54, 1.807) is 18.2 Å². The molecule has 0 saturated carbocycles. The van der Waals surface area contributed by atoms with Crippen LogP contribution in [-0.4, -0.2) is 55.6 Å². The van der Waals surface area contributed by atoms with Crippen molar-refractivity contribution in [3.05, 3.63) is 29.1 Å². The average molecular weight is 423 g/mol. The van der Waals surface area contributed by atoms with Crippen LogP contribution in [0.1, 0.15) is 38.9 Å². The highest BCUT2D eigenvalue weighted by atomic mass is 32.2. The fourth-order valence-electron chi connectivity index (χ4n) is 3.54. The molecule has 2 amide bonds. The Morgan fingerprint density at radius 1 is 1.39 bits per heavy atom. The van der Waals surface area contributed by atoms with Gasteiger partial charge >= 0.3 is 5.97 Å². The first kappa shape index (κ1) is 20.6. The summed E-state index contributed by atoms with van der Waals surface area (Å²) in [6, 6.07) is 1.74. The average Bonchev–Trinajstić information content (AvgIpc) is 3.25. The molecule has 2 saturated heterocycles. The quantitative estimate of drug-likeness (QED) is 0.576. The maximum Gasteiger partial charge on any atom is 0.326 e. The Kier molecular flexibility index (Phi) is 6.24. The van der Waals surface area contributed by atoms with Gasteiger partial charge in [-0.25, -0.2) is 4.79 Å². The Bertz CT molecular complexity index is 818. The van der Waals surface area contributed by atoms with Crippen LogP contribution in [0.4, 0.5) is 0 Å². The molecule has 2 fully saturated rings. The molecule has 0 spiro atoms. The number of nitrogens with zero attached hydrogens (tertiary/aromatic N) is 2. The Balaban J connectivity index is 1.89. The van der Waals surface area contributed by atoms with Gasteiger partial charge < -0.3 is 14.4 Å². The summed E-state index contributed by atoms with van der Waals surface area (Å²) in [6.07, 6.45) is 5.04. The maximum atomic E-state index is 13.3. The van der Waals surface area contributed by atoms with Crippen LogP contribution < -0.4 is 0 Å². The van der Waals surface area contributed by atoms with E-state index in [9.17, 15) is 19.5 Å². The van der Waals surface area contributed by atoms with E-state index in [2.05, 4.69) is 0 Å². The van der Waals surface area contributed by atoms with Gasteiger partial charge in [-0.2, -0.15) is 0 Å². The molecule has 2 aliphatic heterocycles. The lowest BCUT2D eigenvalue weighted by Crippen LogP contribution is -2.57. The second-order valence-electron chi connectivity index (χ2n) is 7.14. The molecule has 2 unspecified atom stereocenters. The van der Waals surface area contributed by atoms with Crippen LogP contribution in [0.2, 0.25) is 0 Å². The molecule has 1 aromatic rings. The van der Waals surface area contributed by atoms with Crippen molar-refractivity contribution < 1.29 is 23.9 Å². The van der Waals surface area contributed by atoms with Crippen molar-refractivity contribution in [1.82, 2.24) is 9.80 Å². The number of amides is 2. The Morgan fingerprint density at radius 3 is 2.75 bits per heavy atom. The van der Waals surface area contributed by atoms with Gasteiger partial charge in [0.1, 0.15) is 22.2 Å². The number of rotatable bonds is 5. The summed E-state index contributed by atoms with van der Waals surface area (Å²) in [6.45, 7) is 4.03. The second-order valence-corrected chi connectivity index (χ2v) is 8.81. The fraction of sp³-hybridized carbons (Fsp3) is 0.474. The summed E-state index contributed by atoms with van der Waals surface area (Å²) in [5.41, 5.74) is 0. The van der Waals surface area contributed by atoms with Crippen molar-refractivity contribution in [1.29, 1.82) is 0 Å². The highest BCUT2D eigenvalue weighted by Gasteiger charge is 2.45. The highest BCUT2D eigenvalue weighted by molar-refractivity contribution is 8.26. The van der Waals surface area contributed by atoms with Gasteiger partial charge in [0, 0.05) is 12.6 Å². The van der Waals surface area contributed by atoms with E-state index >= 15 is 0 Å². The Hall–Kier alpha value is -2.13. The minimum Gasteiger partial charge on any atom is -0.480 e. The lowest BCUT2D eigenvalue weighted by Gasteiger charge is -2.38. The SMILES string of the molecule is CC(C)C(C(=O)N1CCCCC1C(=O)O)N1C(=O)C(=Cc2ccco2)SC1=S. The summed E-state index contributed by atoms with van der Waals surface area (Å²) in [7, 11) is 0. The molecule has 9 heteroatoms. The molecule has 28 heavy (non-hydrogen) atoms. The Morgan fingerprint density at radius 2 is 2.14 bits per heavy atom. The number of carbonyl (C=O) groups excluding carboxylic acids is 2. The van der Waals surface area contributed by atoms with E-state index in [4.69, 9.17) is 16.6 Å². The number of piperidine rings is 1. The molecule has 1 aromatic heterocycles. The zero-order chi connectivity index (χ0) is 20.4. The largest absolute Gasteiger partial charge is 0.480 e. The van der Waals surface area contributed by atoms with E-state index in [1.807, 2.05) is 13.8 Å². The smallest absolute Gasteiger partial charge is 0.326 e. The van der Waals surface area contributed by atoms with Crippen LogP contribution in [0, 0.1) is 5.92 Å². The molecule has 2 atom stereocenters. The molecule has 0 aromatic carbocycles. The summed E-state index contributed by atoms with van der Waals surface area (Å²) >= 11 is 6.52. The number of thiocarbonyl (C=S) groups is 1. The van der Waals surface area contributed by atoms with Gasteiger partial charge in [-0.3, -0.25) is 14.5 Å². The summed E-state index contributed by atoms with van der Waals surface area (Å²) in [5, 5.41) is 9.51. The highest BCUT2D eigenvalue weighted by Crippen LogP contribution is 2.36. The van der Waals surface area contributed by atoms with E-state index in [-0.39, 0.29) is 17.7 Å². The molecule has 7 nitrogen and oxygen atoms in total. The lowest BCUT2D eigenvalue weighted by molar-refractivity contribution is -0.155. The van der Waals surface area contributed by atoms with Crippen molar-refractivity contribution in [3.8, 4) is 0 Å². The Labute approximate surface area is 172 Å². The van der Waals surface area contributed by atoms with Crippen LogP contribution in [-0.2, 0) is 14.4 Å². The molecule has 1 N–H and O–H groups in total. The van der Waals surface area contributed by atoms with Crippen LogP contribution in [0.3, 0.4) is 0 Å². The number of thioether (sulfide) groups is 1. The minimum absolute atomic E-state index is 0.227. The van der Waals surface area contributed by atoms with Gasteiger partial charge in [0.2, 0.25) is 5.91 Å². The molecule has 150 valence electrons. The van der Waals surface area contributed by atoms with E-state index in [0.717, 1.165) is 24.6 Å². The predicted octanol–water partition coefficient (Wildman–Crippen LogP) is 2.97. The van der Waals surface area contributed by atoms with Gasteiger partial charge in [-0.15, -0.1) is 0 Å². The lowest BCUT2D eigenvalue weighted by atomic mass is 9.96. The van der Waals surface area contributed by atoms with Crippen LogP contribution in [0.5, 0.6) is 0 Å². The summed E-state index contributed by atoms with van der Waals surface area (Å²) in [4.78, 5) is 41.1. The number of aliphatic carboxylic acids is 1. The number of hydrogen-bond donors (Lipinski definition) is 1. The van der Waals surface area contributed by atoms with E-state index in [1.165, 1.54) is 16.1 Å². The van der Waals surface area contributed by atoms with Gasteiger partial charge in [0.25, 0.3) is 5.91 Å². The standard InChI is InChI=1S/C19H22N2O5S2/c1-11(2)15(17(23)20-8-4-3-7-13(20)18(24)25)21-16(22)14(28-19(21)27)10-12-6-5-9-26-12/h5-6,9-11,13,15H,3-4,7-8H2,1-2H3,(H,24,25). The maximum absolute atomic E-state index is 13.3. The third-order valence-corrected chi connectivity index (χ3v) is 6.20. The molecule has 0 aliphatic carbocycles. The third-order valence-electron chi connectivity index (χ3n) is 4.87. The van der Waals surface area contributed by atoms with Crippen molar-refractivity contribution >= 4 is 52.2 Å². The monoisotopic (exact) mass is 422 g/mol. The minimum atomic E-state index is -1.02. The number of hydrogen-bond acceptors (Lipinski definition) is 6. The topological polar surface area (TPSA) is 91.1 Å². The van der Waals surface area contributed by atoms with Gasteiger partial charge in [0.05, 0.1) is 11.2 Å². The first-order valence-electron chi connectivity index (χ1n) is 9.15. The molecule has 3 rings (SSSR count). The van der Waals surface area contributed by atoms with Crippen molar-refractivity contribution in [3.63, 3.8) is 0 Å². The third kappa shape index (κ3) is 4.00. The first-order valence-corrected chi connectivity index (χ1v) is 10.4. The number of carboxylic acids is 1. The zero-order valence-electron chi connectivity index (χ0n) is 15.7. The van der Waals surface area contributed by atoms with E-state index in [0.29, 0.717) is 28.0 Å². The molecular formula is C19H22N2O5S2. The fourth-order valence-corrected chi connectivity index (χ4v) is 4.85. The molecule has 0 bridgehead atoms. The number of likely N-dealkylation sites (tertiary alicyclic amines) is 1. The van der Waals surface area contributed by atoms with Crippen LogP contribution >= 0.6 is 24.0 Å². The molecule has 0 radical (unpaired) electrons. The van der Waals surface area contributed by atoms with Gasteiger partial charge in [0.15, 0.2) is 0 Å². The van der Waals surface area contributed by atoms with Crippen molar-refractivity contribution in [2.45, 2.75) is 45.2 Å². The van der Waals surface area contributed by atoms with E-state index < -0.39 is 18.1 Å². The predicted molar refractivity (Wildman–Crippen MR) is 109 cm³/mol. The van der Waals surface area contributed by atoms with Gasteiger partial charge in [-0.1, -0.05) is 37.8 Å². The van der Waals surface area contributed by atoms with Crippen LogP contribution in [0.25, 0.3) is 6.08 Å². The molecular weight excluding hydrogens is 400 g/mol. The summed E-state index contributed by atoms with van der Waals surface area (Å²) < 4.78 is 5.55. The normalized spacial score (nSPS) is 23.0. The van der Waals surface area contributed by atoms with Crippen LogP contribution in [0.15, 0.2) is 27.7 Å². The zero-order valence-corrected chi connectivity index (χ0v) is 17.3. The second kappa shape index (κ2) is 8.48. The van der Waals surface area contributed by atoms with Gasteiger partial charge in [-0.05, 0) is 37.3 Å². The number of furan rings is 1.